The lowest BCUT2D eigenvalue weighted by Crippen LogP contribution is -2.14. The smallest absolute Gasteiger partial charge is 0.211 e. The number of ether oxygens (including phenoxy) is 3. The first-order chi connectivity index (χ1) is 16.6. The lowest BCUT2D eigenvalue weighted by Gasteiger charge is -2.11. The Morgan fingerprint density at radius 2 is 1.80 bits per heavy atom. The largest absolute Gasteiger partial charge is 0.497 e. The van der Waals surface area contributed by atoms with E-state index < -0.39 is 0 Å². The summed E-state index contributed by atoms with van der Waals surface area (Å²) in [5, 5.41) is 6.95. The molecule has 2 aromatic carbocycles. The molecule has 2 heterocycles. The van der Waals surface area contributed by atoms with Crippen molar-refractivity contribution >= 4 is 35.1 Å². The van der Waals surface area contributed by atoms with Crippen LogP contribution in [0.5, 0.6) is 17.2 Å². The monoisotopic (exact) mass is 510 g/mol. The first kappa shape index (κ1) is 26.0. The number of rotatable bonds is 8. The summed E-state index contributed by atoms with van der Waals surface area (Å²) in [6.45, 7) is 4.54. The van der Waals surface area contributed by atoms with E-state index in [0.29, 0.717) is 12.4 Å². The topological polar surface area (TPSA) is 70.2 Å². The Morgan fingerprint density at radius 1 is 1.03 bits per heavy atom. The number of halogens is 1. The van der Waals surface area contributed by atoms with Gasteiger partial charge in [0, 0.05) is 35.0 Å². The van der Waals surface area contributed by atoms with Gasteiger partial charge < -0.3 is 14.2 Å². The molecule has 2 aromatic heterocycles. The first-order valence-electron chi connectivity index (χ1n) is 10.8. The summed E-state index contributed by atoms with van der Waals surface area (Å²) in [5.74, 6) is 2.22. The van der Waals surface area contributed by atoms with Gasteiger partial charge in [-0.15, -0.1) is 23.7 Å². The fraction of sp³-hybridized carbons (Fsp3) is 0.192. The molecule has 182 valence electrons. The number of nitrogens with zero attached hydrogens (tertiary/aromatic N) is 4. The van der Waals surface area contributed by atoms with Crippen molar-refractivity contribution in [2.45, 2.75) is 13.8 Å². The van der Waals surface area contributed by atoms with Crippen LogP contribution in [0.15, 0.2) is 82.5 Å². The molecule has 0 bridgehead atoms. The SMILES string of the molecule is CCOc1ccc(N=c2scc(-c3ccc(OC)cc3OC)n2N=C(C)c2cccnc2)cc1.Cl. The molecule has 35 heavy (non-hydrogen) atoms. The molecule has 0 aliphatic carbocycles. The van der Waals surface area contributed by atoms with Crippen LogP contribution < -0.4 is 19.0 Å². The Morgan fingerprint density at radius 3 is 2.46 bits per heavy atom. The van der Waals surface area contributed by atoms with E-state index in [1.165, 1.54) is 11.3 Å². The average Bonchev–Trinajstić information content (AvgIpc) is 3.26. The standard InChI is InChI=1S/C26H26N4O3S.ClH/c1-5-33-21-10-8-20(9-11-21)28-26-30(29-18(2)19-7-6-14-27-16-19)24(17-34-26)23-13-12-22(31-3)15-25(23)32-4;/h6-17H,5H2,1-4H3;1H. The molecule has 9 heteroatoms. The van der Waals surface area contributed by atoms with E-state index in [1.54, 1.807) is 26.6 Å². The number of benzene rings is 2. The zero-order valence-corrected chi connectivity index (χ0v) is 21.6. The van der Waals surface area contributed by atoms with Crippen molar-refractivity contribution in [2.24, 2.45) is 10.1 Å². The molecule has 0 N–H and O–H groups in total. The first-order valence-corrected chi connectivity index (χ1v) is 11.7. The van der Waals surface area contributed by atoms with Gasteiger partial charge in [-0.2, -0.15) is 5.10 Å². The molecule has 0 saturated carbocycles. The number of aromatic nitrogens is 2. The van der Waals surface area contributed by atoms with Crippen LogP contribution in [0, 0.1) is 0 Å². The van der Waals surface area contributed by atoms with E-state index in [0.717, 1.165) is 44.5 Å². The van der Waals surface area contributed by atoms with Crippen LogP contribution >= 0.6 is 23.7 Å². The van der Waals surface area contributed by atoms with Gasteiger partial charge in [-0.05, 0) is 56.3 Å². The summed E-state index contributed by atoms with van der Waals surface area (Å²) in [7, 11) is 3.28. The molecular formula is C26H27ClN4O3S. The maximum atomic E-state index is 5.66. The zero-order valence-electron chi connectivity index (χ0n) is 20.0. The van der Waals surface area contributed by atoms with Gasteiger partial charge in [-0.1, -0.05) is 6.07 Å². The highest BCUT2D eigenvalue weighted by atomic mass is 35.5. The number of hydrogen-bond donors (Lipinski definition) is 0. The summed E-state index contributed by atoms with van der Waals surface area (Å²) in [5.41, 5.74) is 4.30. The van der Waals surface area contributed by atoms with Crippen molar-refractivity contribution in [1.82, 2.24) is 9.66 Å². The average molecular weight is 511 g/mol. The van der Waals surface area contributed by atoms with Gasteiger partial charge in [0.05, 0.1) is 37.9 Å². The van der Waals surface area contributed by atoms with Crippen molar-refractivity contribution in [2.75, 3.05) is 20.8 Å². The maximum absolute atomic E-state index is 5.66. The molecule has 4 aromatic rings. The highest BCUT2D eigenvalue weighted by molar-refractivity contribution is 7.07. The molecule has 0 saturated heterocycles. The Kier molecular flexibility index (Phi) is 9.05. The third-order valence-corrected chi connectivity index (χ3v) is 5.89. The molecule has 0 aliphatic heterocycles. The van der Waals surface area contributed by atoms with E-state index in [2.05, 4.69) is 4.98 Å². The van der Waals surface area contributed by atoms with E-state index in [-0.39, 0.29) is 12.4 Å². The van der Waals surface area contributed by atoms with Crippen LogP contribution in [0.2, 0.25) is 0 Å². The molecule has 7 nitrogen and oxygen atoms in total. The molecule has 0 aliphatic rings. The fourth-order valence-corrected chi connectivity index (χ4v) is 4.19. The maximum Gasteiger partial charge on any atom is 0.211 e. The predicted molar refractivity (Wildman–Crippen MR) is 143 cm³/mol. The lowest BCUT2D eigenvalue weighted by atomic mass is 10.1. The molecule has 0 spiro atoms. The van der Waals surface area contributed by atoms with Gasteiger partial charge >= 0.3 is 0 Å². The molecule has 4 rings (SSSR count). The molecule has 0 fully saturated rings. The fourth-order valence-electron chi connectivity index (χ4n) is 3.35. The van der Waals surface area contributed by atoms with Crippen LogP contribution in [0.3, 0.4) is 0 Å². The summed E-state index contributed by atoms with van der Waals surface area (Å²) < 4.78 is 18.4. The van der Waals surface area contributed by atoms with Gasteiger partial charge in [0.2, 0.25) is 4.80 Å². The number of methoxy groups -OCH3 is 2. The normalized spacial score (nSPS) is 11.7. The van der Waals surface area contributed by atoms with Crippen LogP contribution in [0.4, 0.5) is 5.69 Å². The minimum Gasteiger partial charge on any atom is -0.497 e. The summed E-state index contributed by atoms with van der Waals surface area (Å²) >= 11 is 1.50. The van der Waals surface area contributed by atoms with Crippen molar-refractivity contribution < 1.29 is 14.2 Å². The zero-order chi connectivity index (χ0) is 23.9. The van der Waals surface area contributed by atoms with Crippen LogP contribution in [0.1, 0.15) is 19.4 Å². The molecule has 0 amide bonds. The molecule has 0 radical (unpaired) electrons. The van der Waals surface area contributed by atoms with E-state index >= 15 is 0 Å². The number of thiazole rings is 1. The highest BCUT2D eigenvalue weighted by Gasteiger charge is 2.14. The third-order valence-electron chi connectivity index (χ3n) is 5.07. The second-order valence-corrected chi connectivity index (χ2v) is 8.08. The molecule has 0 unspecified atom stereocenters. The van der Waals surface area contributed by atoms with Crippen molar-refractivity contribution in [3.63, 3.8) is 0 Å². The quantitative estimate of drug-likeness (QED) is 0.274. The van der Waals surface area contributed by atoms with E-state index in [1.807, 2.05) is 78.5 Å². The van der Waals surface area contributed by atoms with Crippen molar-refractivity contribution in [1.29, 1.82) is 0 Å². The van der Waals surface area contributed by atoms with E-state index in [9.17, 15) is 0 Å². The van der Waals surface area contributed by atoms with Crippen LogP contribution in [-0.4, -0.2) is 36.2 Å². The molecule has 0 atom stereocenters. The predicted octanol–water partition coefficient (Wildman–Crippen LogP) is 5.95. The highest BCUT2D eigenvalue weighted by Crippen LogP contribution is 2.34. The third kappa shape index (κ3) is 6.09. The Balaban J connectivity index is 0.00000342. The number of pyridine rings is 1. The van der Waals surface area contributed by atoms with Crippen LogP contribution in [-0.2, 0) is 0 Å². The Labute approximate surface area is 214 Å². The van der Waals surface area contributed by atoms with Gasteiger partial charge in [-0.3, -0.25) is 4.98 Å². The Bertz CT molecular complexity index is 1350. The van der Waals surface area contributed by atoms with Gasteiger partial charge in [-0.25, -0.2) is 9.67 Å². The minimum absolute atomic E-state index is 0. The number of hydrogen-bond acceptors (Lipinski definition) is 7. The summed E-state index contributed by atoms with van der Waals surface area (Å²) in [6.07, 6.45) is 3.54. The van der Waals surface area contributed by atoms with Gasteiger partial charge in [0.1, 0.15) is 17.2 Å². The van der Waals surface area contributed by atoms with Crippen molar-refractivity contribution in [3.8, 4) is 28.5 Å². The van der Waals surface area contributed by atoms with Gasteiger partial charge in [0.15, 0.2) is 0 Å². The lowest BCUT2D eigenvalue weighted by molar-refractivity contribution is 0.340. The van der Waals surface area contributed by atoms with Gasteiger partial charge in [0.25, 0.3) is 0 Å². The molecular weight excluding hydrogens is 484 g/mol. The minimum atomic E-state index is 0. The van der Waals surface area contributed by atoms with Crippen molar-refractivity contribution in [3.05, 3.63) is 82.7 Å². The Hall–Kier alpha value is -3.62. The second-order valence-electron chi connectivity index (χ2n) is 7.25. The van der Waals surface area contributed by atoms with E-state index in [4.69, 9.17) is 24.3 Å². The van der Waals surface area contributed by atoms with Crippen LogP contribution in [0.25, 0.3) is 11.3 Å². The summed E-state index contributed by atoms with van der Waals surface area (Å²) in [6, 6.07) is 17.3. The second kappa shape index (κ2) is 12.2. The summed E-state index contributed by atoms with van der Waals surface area (Å²) in [4.78, 5) is 9.80.